The third-order valence-electron chi connectivity index (χ3n) is 3.71. The summed E-state index contributed by atoms with van der Waals surface area (Å²) in [6.07, 6.45) is 3.41. The van der Waals surface area contributed by atoms with Crippen LogP contribution >= 0.6 is 15.9 Å². The molecule has 0 fully saturated rings. The Kier molecular flexibility index (Phi) is 5.47. The highest BCUT2D eigenvalue weighted by Crippen LogP contribution is 2.25. The Hall–Kier alpha value is -0.540. The maximum absolute atomic E-state index is 9.44. The van der Waals surface area contributed by atoms with Crippen molar-refractivity contribution in [3.63, 3.8) is 0 Å². The number of rotatable bonds is 6. The lowest BCUT2D eigenvalue weighted by Gasteiger charge is -2.32. The van der Waals surface area contributed by atoms with Gasteiger partial charge in [-0.3, -0.25) is 0 Å². The summed E-state index contributed by atoms with van der Waals surface area (Å²) in [4.78, 5) is 0. The summed E-state index contributed by atoms with van der Waals surface area (Å²) in [7, 11) is 0. The van der Waals surface area contributed by atoms with E-state index in [1.54, 1.807) is 6.07 Å². The third kappa shape index (κ3) is 3.71. The highest BCUT2D eigenvalue weighted by atomic mass is 79.9. The van der Waals surface area contributed by atoms with Crippen LogP contribution < -0.4 is 5.32 Å². The van der Waals surface area contributed by atoms with Gasteiger partial charge in [0, 0.05) is 12.1 Å². The number of phenolic OH excluding ortho intramolecular Hbond substituents is 1. The Morgan fingerprint density at radius 1 is 1.18 bits per heavy atom. The minimum absolute atomic E-state index is 0.240. The Bertz CT molecular complexity index is 353. The zero-order chi connectivity index (χ0) is 12.9. The van der Waals surface area contributed by atoms with E-state index in [1.165, 1.54) is 5.56 Å². The van der Waals surface area contributed by atoms with Crippen molar-refractivity contribution < 1.29 is 5.11 Å². The molecule has 96 valence electrons. The molecule has 2 N–H and O–H groups in total. The lowest BCUT2D eigenvalue weighted by atomic mass is 9.89. The van der Waals surface area contributed by atoms with Gasteiger partial charge in [0.1, 0.15) is 5.75 Å². The van der Waals surface area contributed by atoms with E-state index in [1.807, 2.05) is 12.1 Å². The van der Waals surface area contributed by atoms with E-state index in [0.29, 0.717) is 5.75 Å². The first-order valence-electron chi connectivity index (χ1n) is 6.29. The van der Waals surface area contributed by atoms with E-state index in [4.69, 9.17) is 0 Å². The van der Waals surface area contributed by atoms with Crippen molar-refractivity contribution in [3.8, 4) is 5.75 Å². The summed E-state index contributed by atoms with van der Waals surface area (Å²) < 4.78 is 0.756. The Balaban J connectivity index is 2.68. The average molecular weight is 300 g/mol. The van der Waals surface area contributed by atoms with Crippen LogP contribution in [0.3, 0.4) is 0 Å². The van der Waals surface area contributed by atoms with Crippen LogP contribution in [0.4, 0.5) is 0 Å². The number of hydrogen-bond acceptors (Lipinski definition) is 2. The number of aromatic hydroxyl groups is 1. The fourth-order valence-corrected chi connectivity index (χ4v) is 2.50. The minimum Gasteiger partial charge on any atom is -0.507 e. The van der Waals surface area contributed by atoms with Crippen LogP contribution in [-0.2, 0) is 6.54 Å². The molecule has 0 radical (unpaired) electrons. The molecule has 0 bridgehead atoms. The van der Waals surface area contributed by atoms with Gasteiger partial charge in [-0.15, -0.1) is 0 Å². The summed E-state index contributed by atoms with van der Waals surface area (Å²) in [5, 5.41) is 13.1. The number of benzene rings is 1. The van der Waals surface area contributed by atoms with E-state index < -0.39 is 0 Å². The topological polar surface area (TPSA) is 32.3 Å². The van der Waals surface area contributed by atoms with Crippen molar-refractivity contribution in [1.82, 2.24) is 5.32 Å². The zero-order valence-corrected chi connectivity index (χ0v) is 12.5. The van der Waals surface area contributed by atoms with Gasteiger partial charge in [-0.25, -0.2) is 0 Å². The summed E-state index contributed by atoms with van der Waals surface area (Å²) in [6, 6.07) is 5.65. The second-order valence-corrected chi connectivity index (χ2v) is 5.33. The first-order valence-corrected chi connectivity index (χ1v) is 7.08. The normalized spacial score (nSPS) is 11.8. The van der Waals surface area contributed by atoms with Gasteiger partial charge < -0.3 is 10.4 Å². The molecule has 1 aromatic carbocycles. The van der Waals surface area contributed by atoms with Crippen molar-refractivity contribution in [2.24, 2.45) is 0 Å². The maximum atomic E-state index is 9.44. The molecular formula is C14H22BrNO. The van der Waals surface area contributed by atoms with Crippen LogP contribution in [0.15, 0.2) is 22.7 Å². The van der Waals surface area contributed by atoms with Crippen molar-refractivity contribution in [1.29, 1.82) is 0 Å². The smallest absolute Gasteiger partial charge is 0.129 e. The third-order valence-corrected chi connectivity index (χ3v) is 4.35. The van der Waals surface area contributed by atoms with Crippen LogP contribution in [0, 0.1) is 0 Å². The molecule has 2 nitrogen and oxygen atoms in total. The average Bonchev–Trinajstić information content (AvgIpc) is 2.36. The first kappa shape index (κ1) is 14.5. The molecule has 0 aliphatic rings. The fraction of sp³-hybridized carbons (Fsp3) is 0.571. The van der Waals surface area contributed by atoms with Crippen LogP contribution in [0.5, 0.6) is 5.75 Å². The monoisotopic (exact) mass is 299 g/mol. The molecule has 3 heteroatoms. The van der Waals surface area contributed by atoms with Gasteiger partial charge in [-0.1, -0.05) is 26.8 Å². The van der Waals surface area contributed by atoms with Crippen LogP contribution in [0.1, 0.15) is 45.6 Å². The quantitative estimate of drug-likeness (QED) is 0.824. The van der Waals surface area contributed by atoms with Crippen LogP contribution in [0.2, 0.25) is 0 Å². The van der Waals surface area contributed by atoms with Crippen molar-refractivity contribution in [2.45, 2.75) is 52.1 Å². The lowest BCUT2D eigenvalue weighted by molar-refractivity contribution is 0.288. The highest BCUT2D eigenvalue weighted by Gasteiger charge is 2.22. The van der Waals surface area contributed by atoms with Crippen LogP contribution in [0.25, 0.3) is 0 Å². The number of phenols is 1. The van der Waals surface area contributed by atoms with Gasteiger partial charge in [0.2, 0.25) is 0 Å². The van der Waals surface area contributed by atoms with Crippen molar-refractivity contribution >= 4 is 15.9 Å². The lowest BCUT2D eigenvalue weighted by Crippen LogP contribution is -2.43. The van der Waals surface area contributed by atoms with Gasteiger partial charge in [-0.2, -0.15) is 0 Å². The molecule has 0 unspecified atom stereocenters. The molecule has 0 amide bonds. The van der Waals surface area contributed by atoms with Crippen molar-refractivity contribution in [2.75, 3.05) is 0 Å². The predicted molar refractivity (Wildman–Crippen MR) is 76.3 cm³/mol. The molecule has 0 atom stereocenters. The summed E-state index contributed by atoms with van der Waals surface area (Å²) in [6.45, 7) is 7.53. The molecule has 0 aromatic heterocycles. The van der Waals surface area contributed by atoms with Gasteiger partial charge >= 0.3 is 0 Å². The molecule has 0 saturated heterocycles. The van der Waals surface area contributed by atoms with E-state index in [2.05, 4.69) is 42.0 Å². The second kappa shape index (κ2) is 6.41. The zero-order valence-electron chi connectivity index (χ0n) is 10.9. The Labute approximate surface area is 113 Å². The second-order valence-electron chi connectivity index (χ2n) is 4.48. The summed E-state index contributed by atoms with van der Waals surface area (Å²) >= 11 is 3.34. The van der Waals surface area contributed by atoms with Crippen molar-refractivity contribution in [3.05, 3.63) is 28.2 Å². The maximum Gasteiger partial charge on any atom is 0.129 e. The van der Waals surface area contributed by atoms with Gasteiger partial charge in [-0.05, 0) is 52.9 Å². The van der Waals surface area contributed by atoms with E-state index in [9.17, 15) is 5.11 Å². The fourth-order valence-electron chi connectivity index (χ4n) is 2.07. The molecule has 1 rings (SSSR count). The predicted octanol–water partition coefficient (Wildman–Crippen LogP) is 4.21. The molecule has 0 aliphatic carbocycles. The molecule has 0 saturated carbocycles. The van der Waals surface area contributed by atoms with Gasteiger partial charge in [0.25, 0.3) is 0 Å². The molecule has 0 spiro atoms. The van der Waals surface area contributed by atoms with Gasteiger partial charge in [0.15, 0.2) is 0 Å². The number of nitrogens with one attached hydrogen (secondary N) is 1. The highest BCUT2D eigenvalue weighted by molar-refractivity contribution is 9.10. The molecule has 17 heavy (non-hydrogen) atoms. The first-order chi connectivity index (χ1) is 8.06. The van der Waals surface area contributed by atoms with E-state index in [0.717, 1.165) is 30.3 Å². The SMILES string of the molecule is CCC(CC)(CC)NCc1ccc(O)c(Br)c1. The molecular weight excluding hydrogens is 278 g/mol. The Morgan fingerprint density at radius 2 is 1.76 bits per heavy atom. The molecule has 1 aromatic rings. The standard InChI is InChI=1S/C14H22BrNO/c1-4-14(5-2,6-3)16-10-11-7-8-13(17)12(15)9-11/h7-9,16-17H,4-6,10H2,1-3H3. The van der Waals surface area contributed by atoms with E-state index >= 15 is 0 Å². The minimum atomic E-state index is 0.240. The summed E-state index contributed by atoms with van der Waals surface area (Å²) in [5.41, 5.74) is 1.43. The van der Waals surface area contributed by atoms with Crippen LogP contribution in [-0.4, -0.2) is 10.6 Å². The van der Waals surface area contributed by atoms with Gasteiger partial charge in [0.05, 0.1) is 4.47 Å². The molecule has 0 aliphatic heterocycles. The van der Waals surface area contributed by atoms with E-state index in [-0.39, 0.29) is 5.54 Å². The summed E-state index contributed by atoms with van der Waals surface area (Å²) in [5.74, 6) is 0.293. The Morgan fingerprint density at radius 3 is 2.24 bits per heavy atom. The number of halogens is 1. The largest absolute Gasteiger partial charge is 0.507 e. The molecule has 0 heterocycles. The number of hydrogen-bond donors (Lipinski definition) is 2.